The quantitative estimate of drug-likeness (QED) is 0.751. The van der Waals surface area contributed by atoms with E-state index in [1.165, 1.54) is 16.7 Å². The zero-order valence-corrected chi connectivity index (χ0v) is 11.9. The fourth-order valence-electron chi connectivity index (χ4n) is 1.85. The van der Waals surface area contributed by atoms with Crippen LogP contribution in [0.2, 0.25) is 5.02 Å². The third-order valence-corrected chi connectivity index (χ3v) is 3.17. The van der Waals surface area contributed by atoms with Crippen molar-refractivity contribution in [1.29, 1.82) is 0 Å². The van der Waals surface area contributed by atoms with Gasteiger partial charge in [0.2, 0.25) is 0 Å². The van der Waals surface area contributed by atoms with Crippen LogP contribution in [0.3, 0.4) is 0 Å². The molecule has 1 aromatic carbocycles. The minimum Gasteiger partial charge on any atom is -0.307 e. The minimum atomic E-state index is 0.263. The number of nitrogens with one attached hydrogen (secondary N) is 1. The van der Waals surface area contributed by atoms with E-state index < -0.39 is 0 Å². The highest BCUT2D eigenvalue weighted by Crippen LogP contribution is 2.25. The van der Waals surface area contributed by atoms with Gasteiger partial charge in [0.1, 0.15) is 0 Å². The molecule has 0 aliphatic carbocycles. The molecule has 0 radical (unpaired) electrons. The topological polar surface area (TPSA) is 12.0 Å². The highest BCUT2D eigenvalue weighted by molar-refractivity contribution is 6.31. The lowest BCUT2D eigenvalue weighted by molar-refractivity contribution is 0.608. The summed E-state index contributed by atoms with van der Waals surface area (Å²) in [5, 5.41) is 4.39. The van der Waals surface area contributed by atoms with Crippen molar-refractivity contribution < 1.29 is 0 Å². The molecule has 94 valence electrons. The van der Waals surface area contributed by atoms with Gasteiger partial charge in [0.15, 0.2) is 0 Å². The van der Waals surface area contributed by atoms with Gasteiger partial charge in [0.25, 0.3) is 0 Å². The highest BCUT2D eigenvalue weighted by Gasteiger charge is 2.11. The van der Waals surface area contributed by atoms with Crippen LogP contribution in [0.1, 0.15) is 44.4 Å². The normalized spacial score (nSPS) is 12.3. The molecule has 1 N–H and O–H groups in total. The lowest BCUT2D eigenvalue weighted by atomic mass is 9.99. The molecule has 0 aromatic heterocycles. The van der Waals surface area contributed by atoms with Crippen molar-refractivity contribution in [3.63, 3.8) is 0 Å². The van der Waals surface area contributed by atoms with Crippen molar-refractivity contribution >= 4 is 11.6 Å². The van der Waals surface area contributed by atoms with E-state index in [-0.39, 0.29) is 6.04 Å². The average Bonchev–Trinajstić information content (AvgIpc) is 2.28. The van der Waals surface area contributed by atoms with Gasteiger partial charge in [-0.1, -0.05) is 42.3 Å². The summed E-state index contributed by atoms with van der Waals surface area (Å²) in [6.07, 6.45) is 3.39. The monoisotopic (exact) mass is 251 g/mol. The summed E-state index contributed by atoms with van der Waals surface area (Å²) in [4.78, 5) is 0. The molecule has 17 heavy (non-hydrogen) atoms. The van der Waals surface area contributed by atoms with Gasteiger partial charge in [-0.2, -0.15) is 0 Å². The van der Waals surface area contributed by atoms with Crippen LogP contribution in [0, 0.1) is 6.92 Å². The summed E-state index contributed by atoms with van der Waals surface area (Å²) in [7, 11) is 0. The summed E-state index contributed by atoms with van der Waals surface area (Å²) >= 11 is 6.18. The fourth-order valence-corrected chi connectivity index (χ4v) is 2.03. The molecule has 0 spiro atoms. The van der Waals surface area contributed by atoms with Gasteiger partial charge >= 0.3 is 0 Å². The fraction of sp³-hybridized carbons (Fsp3) is 0.467. The second-order valence-corrected chi connectivity index (χ2v) is 5.04. The van der Waals surface area contributed by atoms with E-state index in [9.17, 15) is 0 Å². The minimum absolute atomic E-state index is 0.263. The SMILES string of the molecule is CCCNC(C=C(C)C)c1cccc(Cl)c1C. The Morgan fingerprint density at radius 2 is 2.12 bits per heavy atom. The lowest BCUT2D eigenvalue weighted by Crippen LogP contribution is -2.21. The van der Waals surface area contributed by atoms with Gasteiger partial charge in [-0.05, 0) is 50.9 Å². The molecule has 0 bridgehead atoms. The molecule has 1 atom stereocenters. The lowest BCUT2D eigenvalue weighted by Gasteiger charge is -2.19. The molecule has 0 saturated carbocycles. The largest absolute Gasteiger partial charge is 0.307 e. The van der Waals surface area contributed by atoms with Crippen molar-refractivity contribution in [2.75, 3.05) is 6.54 Å². The number of halogens is 1. The third kappa shape index (κ3) is 4.18. The molecule has 0 heterocycles. The summed E-state index contributed by atoms with van der Waals surface area (Å²) < 4.78 is 0. The summed E-state index contributed by atoms with van der Waals surface area (Å²) in [6, 6.07) is 6.37. The van der Waals surface area contributed by atoms with Crippen LogP contribution in [0.15, 0.2) is 29.8 Å². The van der Waals surface area contributed by atoms with Crippen molar-refractivity contribution in [2.24, 2.45) is 0 Å². The first kappa shape index (κ1) is 14.3. The van der Waals surface area contributed by atoms with Crippen LogP contribution in [0.4, 0.5) is 0 Å². The maximum atomic E-state index is 6.18. The summed E-state index contributed by atoms with van der Waals surface area (Å²) in [5.74, 6) is 0. The Morgan fingerprint density at radius 3 is 2.71 bits per heavy atom. The Morgan fingerprint density at radius 1 is 1.41 bits per heavy atom. The number of hydrogen-bond donors (Lipinski definition) is 1. The number of benzene rings is 1. The maximum Gasteiger partial charge on any atom is 0.0511 e. The number of allylic oxidation sites excluding steroid dienone is 1. The van der Waals surface area contributed by atoms with Crippen LogP contribution in [0.5, 0.6) is 0 Å². The van der Waals surface area contributed by atoms with E-state index in [2.05, 4.69) is 45.2 Å². The summed E-state index contributed by atoms with van der Waals surface area (Å²) in [5.41, 5.74) is 3.75. The van der Waals surface area contributed by atoms with E-state index in [0.29, 0.717) is 0 Å². The van der Waals surface area contributed by atoms with Crippen molar-refractivity contribution in [3.8, 4) is 0 Å². The van der Waals surface area contributed by atoms with Gasteiger partial charge in [0, 0.05) is 5.02 Å². The maximum absolute atomic E-state index is 6.18. The van der Waals surface area contributed by atoms with Crippen molar-refractivity contribution in [2.45, 2.75) is 40.2 Å². The Bertz CT molecular complexity index is 392. The standard InChI is InChI=1S/C15H22ClN/c1-5-9-17-15(10-11(2)3)13-7-6-8-14(16)12(13)4/h6-8,10,15,17H,5,9H2,1-4H3. The van der Waals surface area contributed by atoms with Crippen LogP contribution in [-0.4, -0.2) is 6.54 Å². The molecule has 0 amide bonds. The predicted molar refractivity (Wildman–Crippen MR) is 76.7 cm³/mol. The van der Waals surface area contributed by atoms with Crippen molar-refractivity contribution in [3.05, 3.63) is 46.0 Å². The van der Waals surface area contributed by atoms with E-state index in [1.807, 2.05) is 12.1 Å². The van der Waals surface area contributed by atoms with Gasteiger partial charge in [-0.15, -0.1) is 0 Å². The Labute approximate surface area is 110 Å². The van der Waals surface area contributed by atoms with E-state index >= 15 is 0 Å². The molecule has 1 nitrogen and oxygen atoms in total. The first-order valence-corrected chi connectivity index (χ1v) is 6.57. The molecular weight excluding hydrogens is 230 g/mol. The molecule has 1 rings (SSSR count). The second-order valence-electron chi connectivity index (χ2n) is 4.63. The highest BCUT2D eigenvalue weighted by atomic mass is 35.5. The van der Waals surface area contributed by atoms with E-state index in [1.54, 1.807) is 0 Å². The first-order chi connectivity index (χ1) is 8.06. The van der Waals surface area contributed by atoms with Crippen LogP contribution >= 0.6 is 11.6 Å². The zero-order valence-electron chi connectivity index (χ0n) is 11.2. The van der Waals surface area contributed by atoms with E-state index in [4.69, 9.17) is 11.6 Å². The molecule has 0 aliphatic rings. The Balaban J connectivity index is 3.03. The predicted octanol–water partition coefficient (Wildman–Crippen LogP) is 4.66. The van der Waals surface area contributed by atoms with Gasteiger partial charge < -0.3 is 5.32 Å². The van der Waals surface area contributed by atoms with Crippen LogP contribution < -0.4 is 5.32 Å². The second kappa shape index (κ2) is 6.83. The van der Waals surface area contributed by atoms with Crippen LogP contribution in [-0.2, 0) is 0 Å². The number of rotatable bonds is 5. The molecule has 0 fully saturated rings. The van der Waals surface area contributed by atoms with Gasteiger partial charge in [-0.25, -0.2) is 0 Å². The molecule has 2 heteroatoms. The Kier molecular flexibility index (Phi) is 5.73. The Hall–Kier alpha value is -0.790. The molecule has 0 saturated heterocycles. The molecule has 1 aromatic rings. The van der Waals surface area contributed by atoms with Crippen LogP contribution in [0.25, 0.3) is 0 Å². The first-order valence-electron chi connectivity index (χ1n) is 6.19. The average molecular weight is 252 g/mol. The van der Waals surface area contributed by atoms with Gasteiger partial charge in [0.05, 0.1) is 6.04 Å². The molecular formula is C15H22ClN. The third-order valence-electron chi connectivity index (χ3n) is 2.76. The van der Waals surface area contributed by atoms with Crippen molar-refractivity contribution in [1.82, 2.24) is 5.32 Å². The van der Waals surface area contributed by atoms with E-state index in [0.717, 1.165) is 18.0 Å². The zero-order chi connectivity index (χ0) is 12.8. The summed E-state index contributed by atoms with van der Waals surface area (Å²) in [6.45, 7) is 9.52. The molecule has 1 unspecified atom stereocenters. The number of hydrogen-bond acceptors (Lipinski definition) is 1. The van der Waals surface area contributed by atoms with Gasteiger partial charge in [-0.3, -0.25) is 0 Å². The smallest absolute Gasteiger partial charge is 0.0511 e. The molecule has 0 aliphatic heterocycles.